The summed E-state index contributed by atoms with van der Waals surface area (Å²) >= 11 is 2.55. The molecule has 0 spiro atoms. The average molecular weight is 510 g/mol. The number of phenolic OH excluding ortho intramolecular Hbond substituents is 1. The number of amides is 1. The Bertz CT molecular complexity index is 1490. The molecule has 176 valence electrons. The standard InChI is InChI=1S/C22H15N5O6S2/c28-19-8-6-15(26(30)31)9-13(19)11-23-14-5-7-17-20(10-14)35-22(25-17)34-12-21(29)24-16-3-1-2-4-18(16)27(32)33/h1-11,28H,12H2,(H,24,29). The number of nitro benzene ring substituents is 2. The summed E-state index contributed by atoms with van der Waals surface area (Å²) < 4.78 is 1.44. The average Bonchev–Trinajstić information content (AvgIpc) is 3.24. The number of hydrogen-bond donors (Lipinski definition) is 2. The summed E-state index contributed by atoms with van der Waals surface area (Å²) in [5.41, 5.74) is 1.26. The van der Waals surface area contributed by atoms with Crippen molar-refractivity contribution in [2.45, 2.75) is 4.34 Å². The largest absolute Gasteiger partial charge is 0.507 e. The van der Waals surface area contributed by atoms with Crippen molar-refractivity contribution in [3.05, 3.63) is 86.5 Å². The van der Waals surface area contributed by atoms with Crippen LogP contribution < -0.4 is 5.32 Å². The molecular formula is C22H15N5O6S2. The minimum Gasteiger partial charge on any atom is -0.507 e. The summed E-state index contributed by atoms with van der Waals surface area (Å²) in [4.78, 5) is 41.9. The Morgan fingerprint density at radius 3 is 2.69 bits per heavy atom. The fourth-order valence-electron chi connectivity index (χ4n) is 2.99. The number of thiazole rings is 1. The Labute approximate surface area is 205 Å². The molecule has 0 radical (unpaired) electrons. The molecule has 1 amide bonds. The summed E-state index contributed by atoms with van der Waals surface area (Å²) in [5, 5.41) is 34.5. The highest BCUT2D eigenvalue weighted by Gasteiger charge is 2.15. The number of benzene rings is 3. The van der Waals surface area contributed by atoms with Crippen molar-refractivity contribution in [2.24, 2.45) is 4.99 Å². The molecule has 0 saturated carbocycles. The molecule has 0 unspecified atom stereocenters. The van der Waals surface area contributed by atoms with Gasteiger partial charge < -0.3 is 10.4 Å². The Morgan fingerprint density at radius 1 is 1.11 bits per heavy atom. The predicted molar refractivity (Wildman–Crippen MR) is 134 cm³/mol. The van der Waals surface area contributed by atoms with E-state index in [1.54, 1.807) is 24.3 Å². The minimum absolute atomic E-state index is 0.0168. The first-order chi connectivity index (χ1) is 16.8. The van der Waals surface area contributed by atoms with Gasteiger partial charge in [0.1, 0.15) is 11.4 Å². The Hall–Kier alpha value is -4.36. The zero-order valence-corrected chi connectivity index (χ0v) is 19.3. The first kappa shape index (κ1) is 23.8. The maximum absolute atomic E-state index is 12.3. The Morgan fingerprint density at radius 2 is 1.91 bits per heavy atom. The van der Waals surface area contributed by atoms with Crippen LogP contribution in [0.25, 0.3) is 10.2 Å². The SMILES string of the molecule is O=C(CSc1nc2ccc(N=Cc3cc([N+](=O)[O-])ccc3O)cc2s1)Nc1ccccc1[N+](=O)[O-]. The lowest BCUT2D eigenvalue weighted by Crippen LogP contribution is -2.15. The Kier molecular flexibility index (Phi) is 6.98. The number of fused-ring (bicyclic) bond motifs is 1. The molecule has 0 atom stereocenters. The Balaban J connectivity index is 1.43. The van der Waals surface area contributed by atoms with Gasteiger partial charge in [0.25, 0.3) is 11.4 Å². The van der Waals surface area contributed by atoms with E-state index in [9.17, 15) is 30.1 Å². The van der Waals surface area contributed by atoms with Gasteiger partial charge in [-0.1, -0.05) is 23.9 Å². The number of hydrogen-bond acceptors (Lipinski definition) is 10. The van der Waals surface area contributed by atoms with Gasteiger partial charge in [-0.3, -0.25) is 30.0 Å². The number of phenols is 1. The van der Waals surface area contributed by atoms with E-state index in [-0.39, 0.29) is 34.1 Å². The number of carbonyl (C=O) groups is 1. The fourth-order valence-corrected chi connectivity index (χ4v) is 4.89. The predicted octanol–water partition coefficient (Wildman–Crippen LogP) is 5.30. The molecule has 0 aliphatic heterocycles. The third kappa shape index (κ3) is 5.77. The van der Waals surface area contributed by atoms with Crippen LogP contribution >= 0.6 is 23.1 Å². The van der Waals surface area contributed by atoms with E-state index in [1.165, 1.54) is 65.7 Å². The van der Waals surface area contributed by atoms with E-state index < -0.39 is 15.8 Å². The first-order valence-corrected chi connectivity index (χ1v) is 11.7. The van der Waals surface area contributed by atoms with Crippen molar-refractivity contribution in [2.75, 3.05) is 11.1 Å². The van der Waals surface area contributed by atoms with Crippen molar-refractivity contribution in [3.8, 4) is 5.75 Å². The van der Waals surface area contributed by atoms with Gasteiger partial charge in [0, 0.05) is 30.0 Å². The number of carbonyl (C=O) groups excluding carboxylic acids is 1. The second-order valence-electron chi connectivity index (χ2n) is 7.00. The van der Waals surface area contributed by atoms with Crippen molar-refractivity contribution >= 4 is 68.2 Å². The van der Waals surface area contributed by atoms with Gasteiger partial charge >= 0.3 is 0 Å². The van der Waals surface area contributed by atoms with Gasteiger partial charge in [0.15, 0.2) is 4.34 Å². The summed E-state index contributed by atoms with van der Waals surface area (Å²) in [6.45, 7) is 0. The van der Waals surface area contributed by atoms with Crippen LogP contribution in [0.2, 0.25) is 0 Å². The van der Waals surface area contributed by atoms with E-state index in [4.69, 9.17) is 0 Å². The highest BCUT2D eigenvalue weighted by molar-refractivity contribution is 8.01. The monoisotopic (exact) mass is 509 g/mol. The zero-order valence-electron chi connectivity index (χ0n) is 17.7. The zero-order chi connectivity index (χ0) is 24.9. The van der Waals surface area contributed by atoms with Crippen LogP contribution in [0.15, 0.2) is 70.0 Å². The normalized spacial score (nSPS) is 11.1. The number of thioether (sulfide) groups is 1. The number of aromatic hydroxyl groups is 1. The number of non-ortho nitro benzene ring substituents is 1. The van der Waals surface area contributed by atoms with Crippen molar-refractivity contribution < 1.29 is 19.7 Å². The second-order valence-corrected chi connectivity index (χ2v) is 9.25. The van der Waals surface area contributed by atoms with Crippen LogP contribution in [0.5, 0.6) is 5.75 Å². The van der Waals surface area contributed by atoms with E-state index >= 15 is 0 Å². The molecule has 0 bridgehead atoms. The van der Waals surface area contributed by atoms with E-state index in [0.29, 0.717) is 15.5 Å². The fraction of sp³-hybridized carbons (Fsp3) is 0.0455. The molecular weight excluding hydrogens is 494 g/mol. The lowest BCUT2D eigenvalue weighted by molar-refractivity contribution is -0.384. The lowest BCUT2D eigenvalue weighted by Gasteiger charge is -2.04. The number of anilines is 1. The summed E-state index contributed by atoms with van der Waals surface area (Å²) in [5.74, 6) is -0.509. The van der Waals surface area contributed by atoms with Gasteiger partial charge in [-0.2, -0.15) is 0 Å². The van der Waals surface area contributed by atoms with Crippen LogP contribution in [0.1, 0.15) is 5.56 Å². The number of aromatic nitrogens is 1. The van der Waals surface area contributed by atoms with Crippen molar-refractivity contribution in [3.63, 3.8) is 0 Å². The lowest BCUT2D eigenvalue weighted by atomic mass is 10.2. The van der Waals surface area contributed by atoms with Crippen LogP contribution in [0, 0.1) is 20.2 Å². The highest BCUT2D eigenvalue weighted by atomic mass is 32.2. The molecule has 1 heterocycles. The molecule has 0 aliphatic carbocycles. The van der Waals surface area contributed by atoms with Crippen molar-refractivity contribution in [1.29, 1.82) is 0 Å². The smallest absolute Gasteiger partial charge is 0.292 e. The summed E-state index contributed by atoms with van der Waals surface area (Å²) in [7, 11) is 0. The van der Waals surface area contributed by atoms with E-state index in [0.717, 1.165) is 4.70 Å². The summed E-state index contributed by atoms with van der Waals surface area (Å²) in [6, 6.07) is 14.8. The number of para-hydroxylation sites is 2. The van der Waals surface area contributed by atoms with Crippen LogP contribution in [0.4, 0.5) is 22.7 Å². The number of nitrogens with one attached hydrogen (secondary N) is 1. The molecule has 0 aliphatic rings. The van der Waals surface area contributed by atoms with Gasteiger partial charge in [0.05, 0.1) is 31.5 Å². The van der Waals surface area contributed by atoms with Crippen LogP contribution in [-0.2, 0) is 4.79 Å². The maximum Gasteiger partial charge on any atom is 0.292 e. The van der Waals surface area contributed by atoms with Gasteiger partial charge in [0.2, 0.25) is 5.91 Å². The third-order valence-electron chi connectivity index (χ3n) is 4.63. The van der Waals surface area contributed by atoms with Gasteiger partial charge in [-0.25, -0.2) is 4.98 Å². The quantitative estimate of drug-likeness (QED) is 0.140. The number of nitrogens with zero attached hydrogens (tertiary/aromatic N) is 4. The molecule has 11 nitrogen and oxygen atoms in total. The molecule has 2 N–H and O–H groups in total. The molecule has 0 saturated heterocycles. The molecule has 3 aromatic carbocycles. The van der Waals surface area contributed by atoms with Crippen LogP contribution in [0.3, 0.4) is 0 Å². The van der Waals surface area contributed by atoms with Crippen LogP contribution in [-0.4, -0.2) is 37.8 Å². The number of rotatable bonds is 8. The number of nitro groups is 2. The van der Waals surface area contributed by atoms with Gasteiger partial charge in [-0.05, 0) is 30.3 Å². The molecule has 35 heavy (non-hydrogen) atoms. The molecule has 0 fully saturated rings. The topological polar surface area (TPSA) is 161 Å². The summed E-state index contributed by atoms with van der Waals surface area (Å²) in [6.07, 6.45) is 1.34. The second kappa shape index (κ2) is 10.3. The highest BCUT2D eigenvalue weighted by Crippen LogP contribution is 2.32. The molecule has 13 heteroatoms. The maximum atomic E-state index is 12.3. The first-order valence-electron chi connectivity index (χ1n) is 9.88. The number of aliphatic imine (C=N–C) groups is 1. The molecule has 1 aromatic heterocycles. The van der Waals surface area contributed by atoms with Gasteiger partial charge in [-0.15, -0.1) is 11.3 Å². The van der Waals surface area contributed by atoms with E-state index in [1.807, 2.05) is 0 Å². The minimum atomic E-state index is -0.559. The van der Waals surface area contributed by atoms with Crippen molar-refractivity contribution in [1.82, 2.24) is 4.98 Å². The van der Waals surface area contributed by atoms with E-state index in [2.05, 4.69) is 15.3 Å². The molecule has 4 aromatic rings. The third-order valence-corrected chi connectivity index (χ3v) is 6.79. The molecule has 4 rings (SSSR count).